The summed E-state index contributed by atoms with van der Waals surface area (Å²) in [4.78, 5) is 1.64. The summed E-state index contributed by atoms with van der Waals surface area (Å²) >= 11 is 0. The van der Waals surface area contributed by atoms with Crippen molar-refractivity contribution in [2.75, 3.05) is 26.2 Å². The first kappa shape index (κ1) is 8.97. The van der Waals surface area contributed by atoms with Crippen molar-refractivity contribution in [2.24, 2.45) is 0 Å². The number of quaternary nitrogens is 2. The van der Waals surface area contributed by atoms with E-state index in [1.54, 1.807) is 4.90 Å². The molecule has 1 heterocycles. The molecular formula is C8H20N2O+2. The van der Waals surface area contributed by atoms with E-state index >= 15 is 0 Å². The molecule has 11 heavy (non-hydrogen) atoms. The standard InChI is InChI=1S/C8H18N2O/c1-7-5-10(4-3-9)6-8(2)11-7/h7-8H,3-6,9H2,1-2H3/p+2/t7-,8-/m1/s1. The monoisotopic (exact) mass is 160 g/mol. The van der Waals surface area contributed by atoms with E-state index in [1.165, 1.54) is 6.54 Å². The maximum absolute atomic E-state index is 5.62. The molecule has 1 rings (SSSR count). The number of nitrogens with one attached hydrogen (secondary N) is 1. The summed E-state index contributed by atoms with van der Waals surface area (Å²) in [6, 6.07) is 0. The van der Waals surface area contributed by atoms with Gasteiger partial charge in [-0.2, -0.15) is 0 Å². The van der Waals surface area contributed by atoms with Gasteiger partial charge in [-0.05, 0) is 13.8 Å². The Morgan fingerprint density at radius 2 is 1.91 bits per heavy atom. The summed E-state index contributed by atoms with van der Waals surface area (Å²) in [6.45, 7) is 8.84. The van der Waals surface area contributed by atoms with Crippen molar-refractivity contribution in [3.63, 3.8) is 0 Å². The fraction of sp³-hybridized carbons (Fsp3) is 1.00. The second kappa shape index (κ2) is 4.04. The van der Waals surface area contributed by atoms with Gasteiger partial charge in [0.15, 0.2) is 0 Å². The Bertz CT molecular complexity index is 109. The highest BCUT2D eigenvalue weighted by atomic mass is 16.5. The predicted molar refractivity (Wildman–Crippen MR) is 43.3 cm³/mol. The molecule has 4 N–H and O–H groups in total. The summed E-state index contributed by atoms with van der Waals surface area (Å²) in [5.41, 5.74) is 3.87. The van der Waals surface area contributed by atoms with Crippen LogP contribution in [0, 0.1) is 0 Å². The van der Waals surface area contributed by atoms with E-state index in [4.69, 9.17) is 4.74 Å². The van der Waals surface area contributed by atoms with Gasteiger partial charge < -0.3 is 15.4 Å². The molecule has 0 aliphatic carbocycles. The minimum Gasteiger partial charge on any atom is -0.364 e. The SMILES string of the molecule is C[C@@H]1C[NH+](CC[NH3+])C[C@@H](C)O1. The summed E-state index contributed by atoms with van der Waals surface area (Å²) in [7, 11) is 0. The molecule has 0 aromatic heterocycles. The summed E-state index contributed by atoms with van der Waals surface area (Å²) in [5.74, 6) is 0. The average Bonchev–Trinajstić information content (AvgIpc) is 1.85. The van der Waals surface area contributed by atoms with Gasteiger partial charge in [0.05, 0.1) is 0 Å². The smallest absolute Gasteiger partial charge is 0.127 e. The second-order valence-corrected chi connectivity index (χ2v) is 3.52. The van der Waals surface area contributed by atoms with Crippen molar-refractivity contribution < 1.29 is 15.4 Å². The Morgan fingerprint density at radius 1 is 1.36 bits per heavy atom. The van der Waals surface area contributed by atoms with Gasteiger partial charge in [0.25, 0.3) is 0 Å². The van der Waals surface area contributed by atoms with Gasteiger partial charge >= 0.3 is 0 Å². The molecule has 0 aromatic rings. The lowest BCUT2D eigenvalue weighted by molar-refractivity contribution is -0.919. The second-order valence-electron chi connectivity index (χ2n) is 3.52. The maximum Gasteiger partial charge on any atom is 0.127 e. The van der Waals surface area contributed by atoms with Crippen molar-refractivity contribution in [1.82, 2.24) is 0 Å². The lowest BCUT2D eigenvalue weighted by atomic mass is 10.2. The summed E-state index contributed by atoms with van der Waals surface area (Å²) in [6.07, 6.45) is 0.862. The van der Waals surface area contributed by atoms with Crippen LogP contribution in [0.5, 0.6) is 0 Å². The Kier molecular flexibility index (Phi) is 3.30. The number of ether oxygens (including phenoxy) is 1. The summed E-state index contributed by atoms with van der Waals surface area (Å²) in [5, 5.41) is 0. The predicted octanol–water partition coefficient (Wildman–Crippen LogP) is -2.08. The van der Waals surface area contributed by atoms with Gasteiger partial charge in [-0.3, -0.25) is 0 Å². The Morgan fingerprint density at radius 3 is 2.36 bits per heavy atom. The summed E-state index contributed by atoms with van der Waals surface area (Å²) < 4.78 is 5.62. The van der Waals surface area contributed by atoms with Gasteiger partial charge in [0, 0.05) is 0 Å². The Balaban J connectivity index is 2.30. The van der Waals surface area contributed by atoms with Gasteiger partial charge in [-0.25, -0.2) is 0 Å². The number of hydrogen-bond acceptors (Lipinski definition) is 1. The van der Waals surface area contributed by atoms with Crippen LogP contribution in [0.4, 0.5) is 0 Å². The molecule has 0 unspecified atom stereocenters. The fourth-order valence-electron chi connectivity index (χ4n) is 1.84. The number of morpholine rings is 1. The highest BCUT2D eigenvalue weighted by Gasteiger charge is 2.24. The molecular weight excluding hydrogens is 140 g/mol. The third-order valence-corrected chi connectivity index (χ3v) is 2.15. The number of rotatable bonds is 2. The van der Waals surface area contributed by atoms with Gasteiger partial charge in [-0.1, -0.05) is 0 Å². The van der Waals surface area contributed by atoms with Crippen molar-refractivity contribution in [3.8, 4) is 0 Å². The molecule has 2 atom stereocenters. The molecule has 0 bridgehead atoms. The highest BCUT2D eigenvalue weighted by Crippen LogP contribution is 1.97. The van der Waals surface area contributed by atoms with Crippen LogP contribution in [0.25, 0.3) is 0 Å². The largest absolute Gasteiger partial charge is 0.364 e. The van der Waals surface area contributed by atoms with Gasteiger partial charge in [0.2, 0.25) is 0 Å². The van der Waals surface area contributed by atoms with Gasteiger partial charge in [-0.15, -0.1) is 0 Å². The van der Waals surface area contributed by atoms with Crippen LogP contribution in [-0.4, -0.2) is 38.4 Å². The first-order valence-electron chi connectivity index (χ1n) is 4.50. The normalized spacial score (nSPS) is 39.0. The lowest BCUT2D eigenvalue weighted by Crippen LogP contribution is -3.16. The van der Waals surface area contributed by atoms with Crippen LogP contribution >= 0.6 is 0 Å². The first-order chi connectivity index (χ1) is 5.22. The van der Waals surface area contributed by atoms with Gasteiger partial charge in [0.1, 0.15) is 38.4 Å². The van der Waals surface area contributed by atoms with Crippen LogP contribution in [0.2, 0.25) is 0 Å². The minimum atomic E-state index is 0.431. The first-order valence-corrected chi connectivity index (χ1v) is 4.50. The fourth-order valence-corrected chi connectivity index (χ4v) is 1.84. The van der Waals surface area contributed by atoms with E-state index in [2.05, 4.69) is 19.6 Å². The van der Waals surface area contributed by atoms with E-state index in [-0.39, 0.29) is 0 Å². The van der Waals surface area contributed by atoms with Crippen LogP contribution in [0.15, 0.2) is 0 Å². The third-order valence-electron chi connectivity index (χ3n) is 2.15. The zero-order valence-electron chi connectivity index (χ0n) is 7.60. The Hall–Kier alpha value is -0.120. The topological polar surface area (TPSA) is 41.3 Å². The van der Waals surface area contributed by atoms with E-state index in [0.29, 0.717) is 12.2 Å². The van der Waals surface area contributed by atoms with E-state index in [0.717, 1.165) is 19.6 Å². The average molecular weight is 160 g/mol. The molecule has 3 nitrogen and oxygen atoms in total. The zero-order chi connectivity index (χ0) is 8.27. The van der Waals surface area contributed by atoms with E-state index in [9.17, 15) is 0 Å². The van der Waals surface area contributed by atoms with Crippen molar-refractivity contribution in [3.05, 3.63) is 0 Å². The molecule has 0 amide bonds. The zero-order valence-corrected chi connectivity index (χ0v) is 7.60. The van der Waals surface area contributed by atoms with Crippen molar-refractivity contribution in [1.29, 1.82) is 0 Å². The molecule has 66 valence electrons. The number of hydrogen-bond donors (Lipinski definition) is 2. The quantitative estimate of drug-likeness (QED) is 0.478. The van der Waals surface area contributed by atoms with Crippen molar-refractivity contribution >= 4 is 0 Å². The van der Waals surface area contributed by atoms with Crippen molar-refractivity contribution in [2.45, 2.75) is 26.1 Å². The Labute approximate surface area is 68.5 Å². The molecule has 1 fully saturated rings. The lowest BCUT2D eigenvalue weighted by Gasteiger charge is -2.31. The van der Waals surface area contributed by atoms with Crippen LogP contribution in [0.3, 0.4) is 0 Å². The van der Waals surface area contributed by atoms with Crippen LogP contribution < -0.4 is 10.6 Å². The molecule has 3 heteroatoms. The highest BCUT2D eigenvalue weighted by molar-refractivity contribution is 4.58. The van der Waals surface area contributed by atoms with Crippen LogP contribution in [-0.2, 0) is 4.74 Å². The van der Waals surface area contributed by atoms with Crippen LogP contribution in [0.1, 0.15) is 13.8 Å². The molecule has 0 saturated carbocycles. The molecule has 1 aliphatic rings. The maximum atomic E-state index is 5.62. The minimum absolute atomic E-state index is 0.431. The van der Waals surface area contributed by atoms with E-state index < -0.39 is 0 Å². The molecule has 0 aromatic carbocycles. The molecule has 0 radical (unpaired) electrons. The molecule has 1 saturated heterocycles. The molecule has 0 spiro atoms. The van der Waals surface area contributed by atoms with E-state index in [1.807, 2.05) is 0 Å². The molecule has 1 aliphatic heterocycles. The third kappa shape index (κ3) is 2.77.